The lowest BCUT2D eigenvalue weighted by Crippen LogP contribution is -2.65. The van der Waals surface area contributed by atoms with Gasteiger partial charge in [-0.15, -0.1) is 0 Å². The van der Waals surface area contributed by atoms with Gasteiger partial charge in [-0.05, 0) is 75.0 Å². The van der Waals surface area contributed by atoms with Gasteiger partial charge in [-0.25, -0.2) is 0 Å². The number of ether oxygens (including phenoxy) is 4. The van der Waals surface area contributed by atoms with Gasteiger partial charge in [-0.1, -0.05) is 44.6 Å². The zero-order chi connectivity index (χ0) is 31.9. The Morgan fingerprint density at radius 2 is 1.63 bits per heavy atom. The van der Waals surface area contributed by atoms with Crippen LogP contribution < -0.4 is 0 Å². The average Bonchev–Trinajstić information content (AvgIpc) is 2.95. The van der Waals surface area contributed by atoms with E-state index in [9.17, 15) is 35.7 Å². The quantitative estimate of drug-likeness (QED) is 0.146. The third-order valence-corrected chi connectivity index (χ3v) is 11.0. The van der Waals surface area contributed by atoms with Gasteiger partial charge in [-0.3, -0.25) is 0 Å². The van der Waals surface area contributed by atoms with Crippen LogP contribution in [0.3, 0.4) is 0 Å². The standard InChI is InChI=1S/C32H54O11/c1-16(12-14-33)7-9-19-17(2)8-10-21-31(4,5)22(11-13-32(19,21)6)42-30-28(26(38)24(36)20(15-34)41-30)43-29-27(39)25(37)23(35)18(3)40-29/h12,18-30,33-39H,2,7-11,13-15H2,1,3-6H3/b16-12-/t18-,19-,20+,21-,22-,23-,24+,25+,26-,27+,28+,29-,30-,32+/m0/s1. The van der Waals surface area contributed by atoms with Crippen molar-refractivity contribution >= 4 is 0 Å². The molecule has 2 aliphatic heterocycles. The number of aliphatic hydroxyl groups is 7. The van der Waals surface area contributed by atoms with Crippen LogP contribution in [0.2, 0.25) is 0 Å². The first-order chi connectivity index (χ1) is 20.2. The Labute approximate surface area is 255 Å². The van der Waals surface area contributed by atoms with Crippen LogP contribution in [0.4, 0.5) is 0 Å². The molecule has 2 heterocycles. The molecule has 4 fully saturated rings. The van der Waals surface area contributed by atoms with Gasteiger partial charge in [0.2, 0.25) is 0 Å². The van der Waals surface area contributed by atoms with Crippen molar-refractivity contribution in [2.24, 2.45) is 22.7 Å². The van der Waals surface area contributed by atoms with Crippen molar-refractivity contribution in [1.29, 1.82) is 0 Å². The molecule has 0 aromatic carbocycles. The summed E-state index contributed by atoms with van der Waals surface area (Å²) < 4.78 is 24.1. The van der Waals surface area contributed by atoms with Crippen LogP contribution in [0.25, 0.3) is 0 Å². The average molecular weight is 615 g/mol. The van der Waals surface area contributed by atoms with E-state index in [2.05, 4.69) is 27.4 Å². The summed E-state index contributed by atoms with van der Waals surface area (Å²) in [7, 11) is 0. The van der Waals surface area contributed by atoms with E-state index in [1.54, 1.807) is 0 Å². The highest BCUT2D eigenvalue weighted by Gasteiger charge is 2.58. The lowest BCUT2D eigenvalue weighted by molar-refractivity contribution is -0.375. The van der Waals surface area contributed by atoms with Crippen molar-refractivity contribution in [3.63, 3.8) is 0 Å². The molecule has 2 aliphatic carbocycles. The Morgan fingerprint density at radius 1 is 0.930 bits per heavy atom. The van der Waals surface area contributed by atoms with Gasteiger partial charge < -0.3 is 54.7 Å². The third-order valence-electron chi connectivity index (χ3n) is 11.0. The van der Waals surface area contributed by atoms with Crippen LogP contribution >= 0.6 is 0 Å². The van der Waals surface area contributed by atoms with E-state index in [1.165, 1.54) is 18.1 Å². The Morgan fingerprint density at radius 3 is 2.28 bits per heavy atom. The van der Waals surface area contributed by atoms with Gasteiger partial charge in [0.05, 0.1) is 25.4 Å². The molecule has 14 atom stereocenters. The van der Waals surface area contributed by atoms with Gasteiger partial charge in [0, 0.05) is 0 Å². The van der Waals surface area contributed by atoms with Crippen LogP contribution in [-0.2, 0) is 18.9 Å². The molecule has 2 saturated heterocycles. The number of aliphatic hydroxyl groups excluding tert-OH is 7. The summed E-state index contributed by atoms with van der Waals surface area (Å²) in [5.74, 6) is 0.601. The zero-order valence-corrected chi connectivity index (χ0v) is 26.2. The maximum Gasteiger partial charge on any atom is 0.187 e. The van der Waals surface area contributed by atoms with E-state index in [0.717, 1.165) is 32.1 Å². The molecular weight excluding hydrogens is 560 g/mol. The van der Waals surface area contributed by atoms with Crippen LogP contribution in [0.15, 0.2) is 23.8 Å². The summed E-state index contributed by atoms with van der Waals surface area (Å²) in [5.41, 5.74) is 2.09. The predicted molar refractivity (Wildman–Crippen MR) is 156 cm³/mol. The molecule has 0 aromatic rings. The minimum atomic E-state index is -1.62. The SMILES string of the molecule is C=C1CC[C@H]2C(C)(C)[C@@H](O[C@@H]3O[C@H](CO)[C@@H](O)[C@H](O)[C@H]3O[C@@H]3O[C@@H](C)[C@H](O)[C@@H](O)[C@H]3O)CC[C@]2(C)[C@H]1CC/C(C)=C\CO. The van der Waals surface area contributed by atoms with Gasteiger partial charge in [-0.2, -0.15) is 0 Å². The molecule has 0 bridgehead atoms. The maximum absolute atomic E-state index is 11.1. The second-order valence-corrected chi connectivity index (χ2v) is 14.1. The van der Waals surface area contributed by atoms with Gasteiger partial charge >= 0.3 is 0 Å². The largest absolute Gasteiger partial charge is 0.394 e. The van der Waals surface area contributed by atoms with Gasteiger partial charge in [0.15, 0.2) is 12.6 Å². The molecule has 43 heavy (non-hydrogen) atoms. The smallest absolute Gasteiger partial charge is 0.187 e. The van der Waals surface area contributed by atoms with E-state index in [-0.39, 0.29) is 29.5 Å². The lowest BCUT2D eigenvalue weighted by Gasteiger charge is -2.61. The lowest BCUT2D eigenvalue weighted by atomic mass is 9.46. The minimum Gasteiger partial charge on any atom is -0.394 e. The highest BCUT2D eigenvalue weighted by molar-refractivity contribution is 5.18. The fourth-order valence-corrected chi connectivity index (χ4v) is 8.31. The monoisotopic (exact) mass is 614 g/mol. The summed E-state index contributed by atoms with van der Waals surface area (Å²) in [6, 6.07) is 0. The van der Waals surface area contributed by atoms with Crippen molar-refractivity contribution in [2.45, 2.75) is 141 Å². The van der Waals surface area contributed by atoms with Crippen LogP contribution in [0, 0.1) is 22.7 Å². The van der Waals surface area contributed by atoms with Gasteiger partial charge in [0.25, 0.3) is 0 Å². The first kappa shape index (κ1) is 34.9. The normalized spacial score (nSPS) is 47.3. The molecule has 2 saturated carbocycles. The van der Waals surface area contributed by atoms with E-state index < -0.39 is 68.0 Å². The molecule has 4 aliphatic rings. The van der Waals surface area contributed by atoms with Crippen molar-refractivity contribution in [2.75, 3.05) is 13.2 Å². The molecule has 4 rings (SSSR count). The topological polar surface area (TPSA) is 179 Å². The molecule has 0 spiro atoms. The first-order valence-electron chi connectivity index (χ1n) is 15.7. The molecule has 0 unspecified atom stereocenters. The number of fused-ring (bicyclic) bond motifs is 1. The summed E-state index contributed by atoms with van der Waals surface area (Å²) in [6.45, 7) is 14.2. The minimum absolute atomic E-state index is 0.0159. The van der Waals surface area contributed by atoms with E-state index in [0.29, 0.717) is 12.3 Å². The first-order valence-corrected chi connectivity index (χ1v) is 15.7. The van der Waals surface area contributed by atoms with Crippen LogP contribution in [0.5, 0.6) is 0 Å². The van der Waals surface area contributed by atoms with E-state index >= 15 is 0 Å². The molecule has 0 aromatic heterocycles. The molecular formula is C32H54O11. The van der Waals surface area contributed by atoms with E-state index in [4.69, 9.17) is 18.9 Å². The number of allylic oxidation sites excluding steroid dienone is 2. The van der Waals surface area contributed by atoms with Crippen molar-refractivity contribution < 1.29 is 54.7 Å². The highest BCUT2D eigenvalue weighted by atomic mass is 16.8. The molecule has 248 valence electrons. The number of hydrogen-bond acceptors (Lipinski definition) is 11. The van der Waals surface area contributed by atoms with Crippen LogP contribution in [0.1, 0.15) is 73.1 Å². The predicted octanol–water partition coefficient (Wildman–Crippen LogP) is 1.15. The fourth-order valence-electron chi connectivity index (χ4n) is 8.31. The van der Waals surface area contributed by atoms with Crippen LogP contribution in [-0.4, -0.2) is 116 Å². The Hall–Kier alpha value is -0.960. The zero-order valence-electron chi connectivity index (χ0n) is 26.2. The third kappa shape index (κ3) is 6.78. The molecule has 11 heteroatoms. The summed E-state index contributed by atoms with van der Waals surface area (Å²) in [4.78, 5) is 0. The Bertz CT molecular complexity index is 986. The van der Waals surface area contributed by atoms with Gasteiger partial charge in [0.1, 0.15) is 42.7 Å². The molecule has 0 radical (unpaired) electrons. The van der Waals surface area contributed by atoms with Crippen molar-refractivity contribution in [1.82, 2.24) is 0 Å². The van der Waals surface area contributed by atoms with Crippen molar-refractivity contribution in [3.8, 4) is 0 Å². The maximum atomic E-state index is 11.1. The highest BCUT2D eigenvalue weighted by Crippen LogP contribution is 2.62. The van der Waals surface area contributed by atoms with E-state index in [1.807, 2.05) is 13.0 Å². The summed E-state index contributed by atoms with van der Waals surface area (Å²) in [6.07, 6.45) is -6.72. The second-order valence-electron chi connectivity index (χ2n) is 14.1. The Kier molecular flexibility index (Phi) is 11.2. The number of rotatable bonds is 9. The fraction of sp³-hybridized carbons (Fsp3) is 0.875. The molecule has 7 N–H and O–H groups in total. The summed E-state index contributed by atoms with van der Waals surface area (Å²) in [5, 5.41) is 71.9. The second kappa shape index (κ2) is 13.8. The van der Waals surface area contributed by atoms with Crippen molar-refractivity contribution in [3.05, 3.63) is 23.8 Å². The number of hydrogen-bond donors (Lipinski definition) is 7. The summed E-state index contributed by atoms with van der Waals surface area (Å²) >= 11 is 0. The molecule has 0 amide bonds. The molecule has 11 nitrogen and oxygen atoms in total. The Balaban J connectivity index is 1.55.